The van der Waals surface area contributed by atoms with Gasteiger partial charge >= 0.3 is 0 Å². The lowest BCUT2D eigenvalue weighted by atomic mass is 9.77. The summed E-state index contributed by atoms with van der Waals surface area (Å²) in [6.45, 7) is 13.0. The van der Waals surface area contributed by atoms with Gasteiger partial charge < -0.3 is 38.7 Å². The summed E-state index contributed by atoms with van der Waals surface area (Å²) in [7, 11) is -2.17. The number of carbonyl (C=O) groups excluding carboxylic acids is 1. The molecule has 0 saturated carbocycles. The Morgan fingerprint density at radius 2 is 1.24 bits per heavy atom. The van der Waals surface area contributed by atoms with Gasteiger partial charge in [-0.3, -0.25) is 4.79 Å². The molecule has 4 aromatic rings. The van der Waals surface area contributed by atoms with Crippen molar-refractivity contribution in [3.05, 3.63) is 144 Å². The van der Waals surface area contributed by atoms with Crippen LogP contribution in [0.2, 0.25) is 18.1 Å². The molecule has 1 aliphatic heterocycles. The lowest BCUT2D eigenvalue weighted by Gasteiger charge is -2.41. The summed E-state index contributed by atoms with van der Waals surface area (Å²) < 4.78 is 31.2. The van der Waals surface area contributed by atoms with Crippen LogP contribution in [0.25, 0.3) is 0 Å². The van der Waals surface area contributed by atoms with E-state index in [0.717, 1.165) is 23.1 Å². The largest absolute Gasteiger partial charge is 0.414 e. The van der Waals surface area contributed by atoms with E-state index in [-0.39, 0.29) is 62.3 Å². The second-order valence-corrected chi connectivity index (χ2v) is 22.5. The number of Topliss-reactive ketones (excluding diaryl/α,β-unsaturated/α-hetero) is 1. The minimum Gasteiger partial charge on any atom is -0.414 e. The monoisotopic (exact) mass is 826 g/mol. The highest BCUT2D eigenvalue weighted by Gasteiger charge is 2.70. The van der Waals surface area contributed by atoms with Gasteiger partial charge in [0.2, 0.25) is 0 Å². The highest BCUT2D eigenvalue weighted by atomic mass is 28.4. The fourth-order valence-electron chi connectivity index (χ4n) is 7.27. The van der Waals surface area contributed by atoms with Crippen LogP contribution in [0.3, 0.4) is 0 Å². The van der Waals surface area contributed by atoms with Gasteiger partial charge in [0, 0.05) is 12.5 Å². The maximum atomic E-state index is 14.4. The quantitative estimate of drug-likeness (QED) is 0.0448. The third-order valence-corrected chi connectivity index (χ3v) is 16.6. The molecule has 0 aromatic heterocycles. The summed E-state index contributed by atoms with van der Waals surface area (Å²) in [6, 6.07) is 38.8. The maximum Gasteiger partial charge on any atom is 0.192 e. The van der Waals surface area contributed by atoms with Gasteiger partial charge in [-0.25, -0.2) is 0 Å². The standard InChI is InChI=1S/C49H66O9Si/c1-37(30-38-20-11-7-12-21-38)43(58-59(5,6)47(2,3)4)29-19-28-42(50)45(56-33-41-26-17-10-18-27-41)46(52)49(36-57-49)48(53,35-55-32-40-24-15-9-16-25-40)44(51)34-54-31-39-22-13-8-14-23-39/h7-18,20-27,37,43-46,51-53H,19,28-36H2,1-6H3/t37-,43-,44-,45-,46-,48+,49+/m1/s1. The molecule has 0 spiro atoms. The number of carbonyl (C=O) groups is 1. The lowest BCUT2D eigenvalue weighted by molar-refractivity contribution is -0.212. The molecule has 1 saturated heterocycles. The summed E-state index contributed by atoms with van der Waals surface area (Å²) in [5, 5.41) is 36.5. The van der Waals surface area contributed by atoms with Crippen molar-refractivity contribution >= 4 is 14.1 Å². The Morgan fingerprint density at radius 3 is 1.73 bits per heavy atom. The zero-order valence-electron chi connectivity index (χ0n) is 35.8. The number of epoxide rings is 1. The third kappa shape index (κ3) is 12.7. The molecule has 1 fully saturated rings. The average Bonchev–Trinajstić information content (AvgIpc) is 4.04. The Bertz CT molecular complexity index is 1820. The first-order chi connectivity index (χ1) is 28.1. The zero-order valence-corrected chi connectivity index (χ0v) is 36.8. The normalized spacial score (nSPS) is 19.3. The van der Waals surface area contributed by atoms with Crippen molar-refractivity contribution in [1.82, 2.24) is 0 Å². The van der Waals surface area contributed by atoms with Gasteiger partial charge in [-0.05, 0) is 65.6 Å². The molecule has 0 aliphatic carbocycles. The Morgan fingerprint density at radius 1 is 0.763 bits per heavy atom. The van der Waals surface area contributed by atoms with Gasteiger partial charge in [-0.15, -0.1) is 0 Å². The van der Waals surface area contributed by atoms with Crippen molar-refractivity contribution < 1.29 is 43.5 Å². The van der Waals surface area contributed by atoms with Crippen molar-refractivity contribution in [2.45, 2.75) is 127 Å². The van der Waals surface area contributed by atoms with E-state index in [2.05, 4.69) is 65.1 Å². The lowest BCUT2D eigenvalue weighted by Crippen LogP contribution is -2.66. The van der Waals surface area contributed by atoms with Crippen molar-refractivity contribution in [3.8, 4) is 0 Å². The Balaban J connectivity index is 1.36. The molecule has 0 radical (unpaired) electrons. The van der Waals surface area contributed by atoms with Crippen LogP contribution in [-0.2, 0) is 54.4 Å². The first-order valence-electron chi connectivity index (χ1n) is 21.0. The maximum absolute atomic E-state index is 14.4. The fourth-order valence-corrected chi connectivity index (χ4v) is 8.73. The van der Waals surface area contributed by atoms with Crippen LogP contribution in [0.5, 0.6) is 0 Å². The van der Waals surface area contributed by atoms with E-state index in [1.807, 2.05) is 97.1 Å². The van der Waals surface area contributed by atoms with Crippen molar-refractivity contribution in [2.75, 3.05) is 19.8 Å². The second kappa shape index (κ2) is 21.3. The van der Waals surface area contributed by atoms with Gasteiger partial charge in [-0.2, -0.15) is 0 Å². The summed E-state index contributed by atoms with van der Waals surface area (Å²) in [5.74, 6) is -0.135. The number of aliphatic hydroxyl groups excluding tert-OH is 2. The number of rotatable bonds is 25. The van der Waals surface area contributed by atoms with Gasteiger partial charge in [0.05, 0.1) is 39.6 Å². The zero-order chi connectivity index (χ0) is 42.5. The number of hydrogen-bond donors (Lipinski definition) is 3. The van der Waals surface area contributed by atoms with E-state index in [1.54, 1.807) is 0 Å². The molecule has 3 N–H and O–H groups in total. The third-order valence-electron chi connectivity index (χ3n) is 12.1. The highest BCUT2D eigenvalue weighted by Crippen LogP contribution is 2.46. The first-order valence-corrected chi connectivity index (χ1v) is 23.9. The minimum atomic E-state index is -2.18. The Kier molecular flexibility index (Phi) is 16.8. The smallest absolute Gasteiger partial charge is 0.192 e. The van der Waals surface area contributed by atoms with Crippen LogP contribution in [-0.4, -0.2) is 84.9 Å². The van der Waals surface area contributed by atoms with Gasteiger partial charge in [0.25, 0.3) is 0 Å². The molecule has 1 aliphatic rings. The van der Waals surface area contributed by atoms with E-state index in [9.17, 15) is 20.1 Å². The summed E-state index contributed by atoms with van der Waals surface area (Å²) in [4.78, 5) is 14.4. The molecule has 0 amide bonds. The number of ketones is 1. The van der Waals surface area contributed by atoms with E-state index in [1.165, 1.54) is 5.56 Å². The number of hydrogen-bond acceptors (Lipinski definition) is 9. The molecule has 9 nitrogen and oxygen atoms in total. The molecule has 10 heteroatoms. The number of ether oxygens (including phenoxy) is 4. The van der Waals surface area contributed by atoms with Gasteiger partial charge in [-0.1, -0.05) is 149 Å². The van der Waals surface area contributed by atoms with Crippen LogP contribution < -0.4 is 0 Å². The second-order valence-electron chi connectivity index (χ2n) is 17.7. The molecule has 0 unspecified atom stereocenters. The molecule has 1 heterocycles. The Labute approximate surface area is 352 Å². The molecule has 7 atom stereocenters. The van der Waals surface area contributed by atoms with E-state index in [4.69, 9.17) is 23.4 Å². The van der Waals surface area contributed by atoms with Gasteiger partial charge in [0.1, 0.15) is 23.9 Å². The van der Waals surface area contributed by atoms with Crippen molar-refractivity contribution in [1.29, 1.82) is 0 Å². The first kappa shape index (κ1) is 46.5. The van der Waals surface area contributed by atoms with Crippen LogP contribution in [0.15, 0.2) is 121 Å². The van der Waals surface area contributed by atoms with Gasteiger partial charge in [0.15, 0.2) is 19.7 Å². The fraction of sp³-hybridized carbons (Fsp3) is 0.490. The molecule has 59 heavy (non-hydrogen) atoms. The van der Waals surface area contributed by atoms with E-state index in [0.29, 0.717) is 12.8 Å². The topological polar surface area (TPSA) is 127 Å². The van der Waals surface area contributed by atoms with Crippen LogP contribution >= 0.6 is 0 Å². The summed E-state index contributed by atoms with van der Waals surface area (Å²) >= 11 is 0. The molecular weight excluding hydrogens is 761 g/mol. The number of benzene rings is 4. The number of aliphatic hydroxyl groups is 3. The molecule has 5 rings (SSSR count). The predicted octanol–water partition coefficient (Wildman–Crippen LogP) is 8.24. The van der Waals surface area contributed by atoms with Crippen LogP contribution in [0.4, 0.5) is 0 Å². The molecular formula is C49H66O9Si. The van der Waals surface area contributed by atoms with E-state index < -0.39 is 44.4 Å². The van der Waals surface area contributed by atoms with Crippen molar-refractivity contribution in [2.24, 2.45) is 5.92 Å². The van der Waals surface area contributed by atoms with Crippen LogP contribution in [0, 0.1) is 5.92 Å². The predicted molar refractivity (Wildman–Crippen MR) is 233 cm³/mol. The highest BCUT2D eigenvalue weighted by molar-refractivity contribution is 6.74. The molecule has 0 bridgehead atoms. The summed E-state index contributed by atoms with van der Waals surface area (Å²) in [5.41, 5.74) is -0.149. The minimum absolute atomic E-state index is 0.00531. The SMILES string of the molecule is C[C@H](Cc1ccccc1)[C@@H](CCCC(=O)[C@@H](OCc1ccccc1)[C@@H](O)[C@]1([C@](O)(COCc2ccccc2)[C@H](O)COCc2ccccc2)CO1)O[Si](C)(C)C(C)(C)C. The molecule has 4 aromatic carbocycles. The van der Waals surface area contributed by atoms with Crippen molar-refractivity contribution in [3.63, 3.8) is 0 Å². The van der Waals surface area contributed by atoms with Crippen LogP contribution in [0.1, 0.15) is 69.2 Å². The average molecular weight is 827 g/mol. The molecule has 320 valence electrons. The Hall–Kier alpha value is -3.55. The summed E-state index contributed by atoms with van der Waals surface area (Å²) in [6.07, 6.45) is -2.57. The van der Waals surface area contributed by atoms with E-state index >= 15 is 0 Å².